The molecular weight excluding hydrogens is 360 g/mol. The van der Waals surface area contributed by atoms with Crippen molar-refractivity contribution in [3.63, 3.8) is 0 Å². The van der Waals surface area contributed by atoms with Crippen LogP contribution in [0.15, 0.2) is 12.2 Å². The van der Waals surface area contributed by atoms with Crippen LogP contribution in [0.25, 0.3) is 0 Å². The maximum Gasteiger partial charge on any atom is 0.214 e. The standard InChI is InChI=1S/C25H41N2O2/c1-25(2)22-18-21(27(28)29)13-14-23(22)26(17-16-20-8-4-3-5-9-20)24(25)15-12-19-10-6-7-11-19/h12,15,19-23H,3-11,13-14,16-18H2,1-2H3/q+1/b15-12+. The van der Waals surface area contributed by atoms with Gasteiger partial charge in [-0.05, 0) is 38.5 Å². The van der Waals surface area contributed by atoms with Crippen LogP contribution in [-0.2, 0) is 0 Å². The van der Waals surface area contributed by atoms with Crippen LogP contribution < -0.4 is 0 Å². The van der Waals surface area contributed by atoms with Crippen LogP contribution in [0.5, 0.6) is 0 Å². The average molecular weight is 402 g/mol. The normalized spacial score (nSPS) is 33.5. The van der Waals surface area contributed by atoms with Crippen LogP contribution in [-0.4, -0.2) is 33.8 Å². The summed E-state index contributed by atoms with van der Waals surface area (Å²) < 4.78 is 2.72. The van der Waals surface area contributed by atoms with E-state index in [-0.39, 0.29) is 16.4 Å². The number of fused-ring (bicyclic) bond motifs is 1. The SMILES string of the molecule is CC1(C)C(/C=C/C2CCCC2)=[N+](CCC2CCCCC2)C2CCC([N+](=O)[O-])CC21. The molecular formula is C25H41N2O2+. The largest absolute Gasteiger partial charge is 0.264 e. The van der Waals surface area contributed by atoms with Crippen molar-refractivity contribution >= 4 is 5.71 Å². The highest BCUT2D eigenvalue weighted by Gasteiger charge is 2.57. The van der Waals surface area contributed by atoms with E-state index >= 15 is 0 Å². The molecule has 0 bridgehead atoms. The van der Waals surface area contributed by atoms with Gasteiger partial charge in [-0.25, -0.2) is 4.58 Å². The summed E-state index contributed by atoms with van der Waals surface area (Å²) in [5.74, 6) is 2.05. The molecule has 4 aliphatic rings. The predicted molar refractivity (Wildman–Crippen MR) is 118 cm³/mol. The Morgan fingerprint density at radius 1 is 1.03 bits per heavy atom. The quantitative estimate of drug-likeness (QED) is 0.311. The van der Waals surface area contributed by atoms with Crippen LogP contribution in [0, 0.1) is 33.3 Å². The van der Waals surface area contributed by atoms with Crippen LogP contribution in [0.2, 0.25) is 0 Å². The summed E-state index contributed by atoms with van der Waals surface area (Å²) in [5.41, 5.74) is 1.53. The van der Waals surface area contributed by atoms with Crippen LogP contribution in [0.1, 0.15) is 97.3 Å². The molecule has 0 N–H and O–H groups in total. The van der Waals surface area contributed by atoms with E-state index in [1.165, 1.54) is 69.9 Å². The summed E-state index contributed by atoms with van der Waals surface area (Å²) in [7, 11) is 0. The lowest BCUT2D eigenvalue weighted by Gasteiger charge is -2.31. The maximum atomic E-state index is 11.5. The Bertz CT molecular complexity index is 654. The molecule has 0 spiro atoms. The summed E-state index contributed by atoms with van der Waals surface area (Å²) in [6.07, 6.45) is 21.2. The molecule has 1 aliphatic heterocycles. The molecule has 1 heterocycles. The van der Waals surface area contributed by atoms with Gasteiger partial charge in [0.05, 0.1) is 5.41 Å². The highest BCUT2D eigenvalue weighted by atomic mass is 16.6. The van der Waals surface area contributed by atoms with E-state index in [4.69, 9.17) is 0 Å². The molecule has 0 aromatic carbocycles. The molecule has 3 saturated carbocycles. The van der Waals surface area contributed by atoms with Crippen molar-refractivity contribution in [2.75, 3.05) is 6.54 Å². The van der Waals surface area contributed by atoms with E-state index in [1.54, 1.807) is 0 Å². The minimum absolute atomic E-state index is 0.00890. The minimum Gasteiger partial charge on any atom is -0.264 e. The van der Waals surface area contributed by atoms with Gasteiger partial charge in [-0.15, -0.1) is 0 Å². The Hall–Kier alpha value is -1.19. The second-order valence-corrected chi connectivity index (χ2v) is 10.9. The van der Waals surface area contributed by atoms with Gasteiger partial charge in [0.2, 0.25) is 6.04 Å². The molecule has 162 valence electrons. The second-order valence-electron chi connectivity index (χ2n) is 10.9. The van der Waals surface area contributed by atoms with Crippen molar-refractivity contribution in [2.24, 2.45) is 23.2 Å². The Morgan fingerprint density at radius 2 is 1.72 bits per heavy atom. The number of hydrogen-bond donors (Lipinski definition) is 0. The molecule has 3 aliphatic carbocycles. The lowest BCUT2D eigenvalue weighted by molar-refractivity contribution is -0.581. The van der Waals surface area contributed by atoms with Gasteiger partial charge in [0.1, 0.15) is 6.54 Å². The topological polar surface area (TPSA) is 46.1 Å². The zero-order valence-electron chi connectivity index (χ0n) is 18.7. The Balaban J connectivity index is 1.56. The lowest BCUT2D eigenvalue weighted by Crippen LogP contribution is -2.42. The fraction of sp³-hybridized carbons (Fsp3) is 0.880. The monoisotopic (exact) mass is 401 g/mol. The van der Waals surface area contributed by atoms with E-state index in [1.807, 2.05) is 0 Å². The highest BCUT2D eigenvalue weighted by Crippen LogP contribution is 2.47. The number of rotatable bonds is 6. The molecule has 3 unspecified atom stereocenters. The van der Waals surface area contributed by atoms with Gasteiger partial charge in [-0.3, -0.25) is 10.1 Å². The van der Waals surface area contributed by atoms with Crippen LogP contribution in [0.3, 0.4) is 0 Å². The van der Waals surface area contributed by atoms with Gasteiger partial charge < -0.3 is 0 Å². The fourth-order valence-corrected chi connectivity index (χ4v) is 6.98. The predicted octanol–water partition coefficient (Wildman–Crippen LogP) is 6.01. The van der Waals surface area contributed by atoms with Crippen molar-refractivity contribution in [3.05, 3.63) is 22.3 Å². The summed E-state index contributed by atoms with van der Waals surface area (Å²) >= 11 is 0. The first-order chi connectivity index (χ1) is 14.0. The molecule has 0 amide bonds. The minimum atomic E-state index is -0.339. The molecule has 0 aromatic rings. The van der Waals surface area contributed by atoms with E-state index in [0.717, 1.165) is 37.6 Å². The van der Waals surface area contributed by atoms with Gasteiger partial charge in [0, 0.05) is 42.6 Å². The first kappa shape index (κ1) is 21.1. The Kier molecular flexibility index (Phi) is 6.46. The Labute approximate surface area is 177 Å². The average Bonchev–Trinajstić information content (AvgIpc) is 3.30. The molecule has 4 heteroatoms. The number of hydrogen-bond acceptors (Lipinski definition) is 2. The van der Waals surface area contributed by atoms with E-state index in [0.29, 0.717) is 12.0 Å². The van der Waals surface area contributed by atoms with Crippen molar-refractivity contribution in [2.45, 2.75) is 109 Å². The maximum absolute atomic E-state index is 11.5. The molecule has 4 rings (SSSR count). The smallest absolute Gasteiger partial charge is 0.214 e. The first-order valence-corrected chi connectivity index (χ1v) is 12.4. The molecule has 0 saturated heterocycles. The van der Waals surface area contributed by atoms with E-state index in [9.17, 15) is 10.1 Å². The van der Waals surface area contributed by atoms with Crippen molar-refractivity contribution in [1.29, 1.82) is 0 Å². The summed E-state index contributed by atoms with van der Waals surface area (Å²) in [4.78, 5) is 11.5. The molecule has 3 fully saturated rings. The molecule has 0 aromatic heterocycles. The first-order valence-electron chi connectivity index (χ1n) is 12.4. The second kappa shape index (κ2) is 8.89. The molecule has 0 radical (unpaired) electrons. The van der Waals surface area contributed by atoms with Crippen LogP contribution in [0.4, 0.5) is 0 Å². The third-order valence-electron chi connectivity index (χ3n) is 8.81. The van der Waals surface area contributed by atoms with Gasteiger partial charge >= 0.3 is 0 Å². The number of allylic oxidation sites excluding steroid dienone is 2. The van der Waals surface area contributed by atoms with Crippen molar-refractivity contribution < 1.29 is 9.50 Å². The van der Waals surface area contributed by atoms with Crippen LogP contribution >= 0.6 is 0 Å². The molecule has 29 heavy (non-hydrogen) atoms. The zero-order chi connectivity index (χ0) is 20.4. The number of nitrogens with zero attached hydrogens (tertiary/aromatic N) is 2. The van der Waals surface area contributed by atoms with Gasteiger partial charge in [-0.1, -0.05) is 51.0 Å². The third kappa shape index (κ3) is 4.46. The molecule has 4 nitrogen and oxygen atoms in total. The summed E-state index contributed by atoms with van der Waals surface area (Å²) in [5, 5.41) is 11.5. The summed E-state index contributed by atoms with van der Waals surface area (Å²) in [6, 6.07) is 0.168. The van der Waals surface area contributed by atoms with Gasteiger partial charge in [0.15, 0.2) is 11.8 Å². The van der Waals surface area contributed by atoms with E-state index in [2.05, 4.69) is 30.6 Å². The fourth-order valence-electron chi connectivity index (χ4n) is 6.98. The lowest BCUT2D eigenvalue weighted by atomic mass is 9.68. The molecule has 3 atom stereocenters. The zero-order valence-corrected chi connectivity index (χ0v) is 18.7. The van der Waals surface area contributed by atoms with Gasteiger partial charge in [0.25, 0.3) is 0 Å². The number of nitro groups is 1. The van der Waals surface area contributed by atoms with Gasteiger partial charge in [-0.2, -0.15) is 0 Å². The highest BCUT2D eigenvalue weighted by molar-refractivity contribution is 5.96. The Morgan fingerprint density at radius 3 is 2.41 bits per heavy atom. The van der Waals surface area contributed by atoms with Crippen molar-refractivity contribution in [3.8, 4) is 0 Å². The third-order valence-corrected chi connectivity index (χ3v) is 8.81. The summed E-state index contributed by atoms with van der Waals surface area (Å²) in [6.45, 7) is 5.88. The van der Waals surface area contributed by atoms with E-state index < -0.39 is 0 Å². The van der Waals surface area contributed by atoms with Crippen molar-refractivity contribution in [1.82, 2.24) is 0 Å².